The molecule has 3 heterocycles. The van der Waals surface area contributed by atoms with Crippen molar-refractivity contribution in [3.05, 3.63) is 91.2 Å². The van der Waals surface area contributed by atoms with Crippen LogP contribution in [0.4, 0.5) is 10.1 Å². The first-order valence-corrected chi connectivity index (χ1v) is 17.9. The van der Waals surface area contributed by atoms with Crippen molar-refractivity contribution in [2.75, 3.05) is 39.1 Å². The highest BCUT2D eigenvalue weighted by molar-refractivity contribution is 6.39. The number of carbonyl (C=O) groups excluding carboxylic acids is 1. The number of fused-ring (bicyclic) bond motifs is 2. The molecule has 268 valence electrons. The molecule has 2 unspecified atom stereocenters. The van der Waals surface area contributed by atoms with Crippen LogP contribution in [-0.4, -0.2) is 70.1 Å². The highest BCUT2D eigenvalue weighted by atomic mass is 35.5. The van der Waals surface area contributed by atoms with Crippen LogP contribution in [0.3, 0.4) is 0 Å². The molecular weight excluding hydrogens is 720 g/mol. The number of methoxy groups -OCH3 is 1. The van der Waals surface area contributed by atoms with Crippen molar-refractivity contribution < 1.29 is 28.6 Å². The summed E-state index contributed by atoms with van der Waals surface area (Å²) in [6.45, 7) is 2.79. The number of anilines is 1. The Hall–Kier alpha value is -3.87. The number of likely N-dealkylation sites (tertiary alicyclic amines) is 1. The van der Waals surface area contributed by atoms with Gasteiger partial charge in [-0.2, -0.15) is 4.39 Å². The van der Waals surface area contributed by atoms with Gasteiger partial charge in [0.15, 0.2) is 17.3 Å². The van der Waals surface area contributed by atoms with Crippen molar-refractivity contribution in [3.8, 4) is 22.6 Å². The van der Waals surface area contributed by atoms with E-state index in [2.05, 4.69) is 15.2 Å². The van der Waals surface area contributed by atoms with Crippen LogP contribution in [0.1, 0.15) is 57.6 Å². The summed E-state index contributed by atoms with van der Waals surface area (Å²) in [4.78, 5) is 33.6. The van der Waals surface area contributed by atoms with E-state index in [0.29, 0.717) is 82.7 Å². The third-order valence-electron chi connectivity index (χ3n) is 10.1. The summed E-state index contributed by atoms with van der Waals surface area (Å²) in [6, 6.07) is 10.8. The number of ether oxygens (including phenoxy) is 2. The molecule has 14 heteroatoms. The number of imidazole rings is 1. The fourth-order valence-corrected chi connectivity index (χ4v) is 8.41. The molecule has 1 amide bonds. The molecule has 10 nitrogen and oxygen atoms in total. The normalized spacial score (nSPS) is 18.8. The van der Waals surface area contributed by atoms with Crippen LogP contribution in [0.15, 0.2) is 36.4 Å². The quantitative estimate of drug-likeness (QED) is 0.182. The van der Waals surface area contributed by atoms with Gasteiger partial charge in [-0.15, -0.1) is 0 Å². The predicted octanol–water partition coefficient (Wildman–Crippen LogP) is 7.41. The Kier molecular flexibility index (Phi) is 9.94. The second-order valence-corrected chi connectivity index (χ2v) is 14.6. The van der Waals surface area contributed by atoms with Crippen molar-refractivity contribution >= 4 is 52.4 Å². The smallest absolute Gasteiger partial charge is 0.307 e. The number of aromatic nitrogens is 2. The second kappa shape index (κ2) is 14.3. The molecule has 2 atom stereocenters. The van der Waals surface area contributed by atoms with E-state index in [1.54, 1.807) is 18.2 Å². The Morgan fingerprint density at radius 3 is 2.57 bits per heavy atom. The van der Waals surface area contributed by atoms with Crippen LogP contribution in [0, 0.1) is 11.7 Å². The lowest BCUT2D eigenvalue weighted by Gasteiger charge is -2.22. The number of hydrogen-bond acceptors (Lipinski definition) is 7. The number of rotatable bonds is 9. The molecule has 0 bridgehead atoms. The number of nitrogens with zero attached hydrogens (tertiary/aromatic N) is 4. The van der Waals surface area contributed by atoms with Gasteiger partial charge in [0.2, 0.25) is 5.82 Å². The average Bonchev–Trinajstić information content (AvgIpc) is 3.82. The minimum Gasteiger partial charge on any atom is -0.493 e. The molecule has 1 saturated heterocycles. The van der Waals surface area contributed by atoms with Gasteiger partial charge in [0.25, 0.3) is 5.91 Å². The van der Waals surface area contributed by atoms with E-state index in [4.69, 9.17) is 44.3 Å². The monoisotopic (exact) mass is 755 g/mol. The number of amides is 1. The van der Waals surface area contributed by atoms with E-state index in [1.807, 2.05) is 41.8 Å². The molecule has 1 fully saturated rings. The Balaban J connectivity index is 1.14. The van der Waals surface area contributed by atoms with E-state index in [1.165, 1.54) is 7.11 Å². The lowest BCUT2D eigenvalue weighted by atomic mass is 9.99. The molecule has 51 heavy (non-hydrogen) atoms. The molecular formula is C37H37Cl3FN5O5. The number of aliphatic carboxylic acids is 1. The summed E-state index contributed by atoms with van der Waals surface area (Å²) in [5.41, 5.74) is 5.76. The van der Waals surface area contributed by atoms with E-state index in [-0.39, 0.29) is 29.0 Å². The third-order valence-corrected chi connectivity index (χ3v) is 11.2. The van der Waals surface area contributed by atoms with Crippen LogP contribution >= 0.6 is 34.8 Å². The first-order chi connectivity index (χ1) is 24.4. The Morgan fingerprint density at radius 1 is 1.04 bits per heavy atom. The van der Waals surface area contributed by atoms with E-state index < -0.39 is 23.8 Å². The number of aryl methyl sites for hydroxylation is 1. The minimum absolute atomic E-state index is 0.00469. The van der Waals surface area contributed by atoms with Crippen molar-refractivity contribution in [2.45, 2.75) is 44.9 Å². The third kappa shape index (κ3) is 6.66. The van der Waals surface area contributed by atoms with Gasteiger partial charge in [-0.25, -0.2) is 4.98 Å². The van der Waals surface area contributed by atoms with E-state index in [9.17, 15) is 14.7 Å². The Labute approximate surface area is 310 Å². The van der Waals surface area contributed by atoms with Crippen molar-refractivity contribution in [3.63, 3.8) is 0 Å². The number of benzene rings is 3. The summed E-state index contributed by atoms with van der Waals surface area (Å²) in [6.07, 6.45) is 1.92. The summed E-state index contributed by atoms with van der Waals surface area (Å²) in [5, 5.41) is 13.1. The van der Waals surface area contributed by atoms with E-state index >= 15 is 4.39 Å². The number of hydrogen-bond donors (Lipinski definition) is 2. The fourth-order valence-electron chi connectivity index (χ4n) is 7.47. The summed E-state index contributed by atoms with van der Waals surface area (Å²) in [7, 11) is 5.25. The number of halogens is 4. The molecule has 1 aromatic heterocycles. The molecule has 3 aliphatic rings. The van der Waals surface area contributed by atoms with Crippen LogP contribution in [0.25, 0.3) is 11.1 Å². The summed E-state index contributed by atoms with van der Waals surface area (Å²) >= 11 is 20.7. The number of carbonyl (C=O) groups is 2. The van der Waals surface area contributed by atoms with Crippen LogP contribution in [0.2, 0.25) is 15.1 Å². The lowest BCUT2D eigenvalue weighted by molar-refractivity contribution is -0.141. The minimum atomic E-state index is -0.843. The predicted molar refractivity (Wildman–Crippen MR) is 194 cm³/mol. The zero-order chi connectivity index (χ0) is 36.1. The lowest BCUT2D eigenvalue weighted by Crippen LogP contribution is -2.27. The molecule has 2 aliphatic heterocycles. The molecule has 3 aromatic carbocycles. The average molecular weight is 757 g/mol. The second-order valence-electron chi connectivity index (χ2n) is 13.4. The topological polar surface area (TPSA) is 109 Å². The van der Waals surface area contributed by atoms with Gasteiger partial charge < -0.3 is 29.4 Å². The highest BCUT2D eigenvalue weighted by Gasteiger charge is 2.33. The molecule has 0 radical (unpaired) electrons. The Bertz CT molecular complexity index is 2060. The van der Waals surface area contributed by atoms with Crippen LogP contribution < -0.4 is 14.8 Å². The molecule has 2 N–H and O–H groups in total. The summed E-state index contributed by atoms with van der Waals surface area (Å²) < 4.78 is 29.6. The highest BCUT2D eigenvalue weighted by Crippen LogP contribution is 2.48. The van der Waals surface area contributed by atoms with Gasteiger partial charge in [0.1, 0.15) is 6.10 Å². The number of likely N-dealkylation sites (N-methyl/N-ethyl adjacent to an activating group) is 1. The SMILES string of the molecule is COc1c(CN2CCC(C(=O)O)C2)cc(Cl)c(OC2CCc3ccc(-c4cccc(NC(=O)c5nc6c(n5C)CCN(C)C6)c4Cl)c(Cl)c32)c1F. The first kappa shape index (κ1) is 35.5. The molecule has 7 rings (SSSR count). The molecule has 4 aromatic rings. The van der Waals surface area contributed by atoms with Gasteiger partial charge in [0, 0.05) is 67.6 Å². The number of nitrogens with one attached hydrogen (secondary N) is 1. The van der Waals surface area contributed by atoms with E-state index in [0.717, 1.165) is 29.9 Å². The molecule has 0 spiro atoms. The summed E-state index contributed by atoms with van der Waals surface area (Å²) in [5.74, 6) is -2.25. The number of carboxylic acid groups (broad SMARTS) is 1. The maximum atomic E-state index is 16.0. The molecule has 0 saturated carbocycles. The maximum absolute atomic E-state index is 16.0. The van der Waals surface area contributed by atoms with Gasteiger partial charge >= 0.3 is 5.97 Å². The largest absolute Gasteiger partial charge is 0.493 e. The van der Waals surface area contributed by atoms with Crippen molar-refractivity contribution in [1.82, 2.24) is 19.4 Å². The van der Waals surface area contributed by atoms with Crippen molar-refractivity contribution in [1.29, 1.82) is 0 Å². The first-order valence-electron chi connectivity index (χ1n) is 16.8. The van der Waals surface area contributed by atoms with Crippen molar-refractivity contribution in [2.24, 2.45) is 13.0 Å². The zero-order valence-corrected chi connectivity index (χ0v) is 30.6. The fraction of sp³-hybridized carbons (Fsp3) is 0.378. The van der Waals surface area contributed by atoms with Crippen LogP contribution in [-0.2, 0) is 37.8 Å². The molecule has 1 aliphatic carbocycles. The van der Waals surface area contributed by atoms with Crippen LogP contribution in [0.5, 0.6) is 11.5 Å². The van der Waals surface area contributed by atoms with Gasteiger partial charge in [-0.3, -0.25) is 14.5 Å². The Morgan fingerprint density at radius 2 is 1.82 bits per heavy atom. The zero-order valence-electron chi connectivity index (χ0n) is 28.4. The number of carboxylic acids is 1. The van der Waals surface area contributed by atoms with Gasteiger partial charge in [-0.1, -0.05) is 59.1 Å². The van der Waals surface area contributed by atoms with Gasteiger partial charge in [0.05, 0.1) is 39.5 Å². The maximum Gasteiger partial charge on any atom is 0.307 e. The standard InChI is InChI=1S/C37H37Cl3FN5O5/c1-44-13-12-27-26(18-44)42-35(45(27)2)36(47)43-25-6-4-5-22(30(25)39)23-9-7-19-8-10-28(29(19)31(23)40)51-34-24(38)15-21(33(50-3)32(34)41)17-46-14-11-20(16-46)37(48)49/h4-7,9,15,20,28H,8,10-14,16-18H2,1-3H3,(H,43,47)(H,48,49). The van der Waals surface area contributed by atoms with Gasteiger partial charge in [-0.05, 0) is 50.6 Å².